The highest BCUT2D eigenvalue weighted by atomic mass is 32.2. The van der Waals surface area contributed by atoms with Crippen LogP contribution in [0.4, 0.5) is 0 Å². The molecular weight excluding hydrogens is 312 g/mol. The summed E-state index contributed by atoms with van der Waals surface area (Å²) < 4.78 is 27.8. The molecule has 20 heavy (non-hydrogen) atoms. The minimum absolute atomic E-state index is 0.0418. The lowest BCUT2D eigenvalue weighted by Gasteiger charge is -2.29. The Kier molecular flexibility index (Phi) is 6.53. The molecule has 3 N–H and O–H groups in total. The van der Waals surface area contributed by atoms with E-state index in [9.17, 15) is 8.42 Å². The molecule has 0 radical (unpaired) electrons. The molecule has 0 saturated carbocycles. The lowest BCUT2D eigenvalue weighted by atomic mass is 10.0. The van der Waals surface area contributed by atoms with Crippen molar-refractivity contribution in [2.24, 2.45) is 5.73 Å². The summed E-state index contributed by atoms with van der Waals surface area (Å²) in [5, 5.41) is 1.85. The molecule has 0 spiro atoms. The second-order valence-electron chi connectivity index (χ2n) is 4.79. The van der Waals surface area contributed by atoms with Crippen LogP contribution in [0.2, 0.25) is 0 Å². The van der Waals surface area contributed by atoms with Gasteiger partial charge in [0.15, 0.2) is 0 Å². The van der Waals surface area contributed by atoms with Crippen molar-refractivity contribution >= 4 is 33.1 Å². The number of thioether (sulfide) groups is 1. The third kappa shape index (κ3) is 3.76. The fraction of sp³-hybridized carbons (Fsp3) is 0.692. The third-order valence-electron chi connectivity index (χ3n) is 3.75. The maximum absolute atomic E-state index is 12.5. The maximum Gasteiger partial charge on any atom is 0.242 e. The van der Waals surface area contributed by atoms with Crippen LogP contribution in [0.3, 0.4) is 0 Å². The fourth-order valence-corrected chi connectivity index (χ4v) is 5.86. The largest absolute Gasteiger partial charge is 0.326 e. The van der Waals surface area contributed by atoms with E-state index in [1.807, 2.05) is 18.6 Å². The zero-order valence-electron chi connectivity index (χ0n) is 12.5. The van der Waals surface area contributed by atoms with E-state index in [0.29, 0.717) is 11.4 Å². The van der Waals surface area contributed by atoms with Gasteiger partial charge >= 0.3 is 0 Å². The van der Waals surface area contributed by atoms with E-state index in [4.69, 9.17) is 5.73 Å². The Hall–Kier alpha value is -0.0800. The number of sulfonamides is 1. The number of rotatable bonds is 8. The molecule has 1 aromatic rings. The highest BCUT2D eigenvalue weighted by molar-refractivity contribution is 8.00. The number of thiophene rings is 1. The van der Waals surface area contributed by atoms with Gasteiger partial charge in [0.25, 0.3) is 0 Å². The van der Waals surface area contributed by atoms with Crippen LogP contribution in [0.25, 0.3) is 0 Å². The molecule has 1 heterocycles. The van der Waals surface area contributed by atoms with Crippen LogP contribution >= 0.6 is 23.1 Å². The van der Waals surface area contributed by atoms with E-state index in [2.05, 4.69) is 18.6 Å². The first-order valence-electron chi connectivity index (χ1n) is 6.67. The van der Waals surface area contributed by atoms with Crippen LogP contribution in [0, 0.1) is 6.92 Å². The van der Waals surface area contributed by atoms with E-state index in [1.165, 1.54) is 11.3 Å². The molecule has 7 heteroatoms. The summed E-state index contributed by atoms with van der Waals surface area (Å²) >= 11 is 3.12. The average molecular weight is 337 g/mol. The van der Waals surface area contributed by atoms with Crippen molar-refractivity contribution in [3.8, 4) is 0 Å². The van der Waals surface area contributed by atoms with Gasteiger partial charge in [-0.25, -0.2) is 13.1 Å². The zero-order valence-corrected chi connectivity index (χ0v) is 15.0. The molecule has 0 fully saturated rings. The van der Waals surface area contributed by atoms with Gasteiger partial charge in [-0.3, -0.25) is 0 Å². The predicted octanol–water partition coefficient (Wildman–Crippen LogP) is 2.72. The molecule has 0 aliphatic heterocycles. The van der Waals surface area contributed by atoms with E-state index < -0.39 is 10.0 Å². The van der Waals surface area contributed by atoms with Crippen molar-refractivity contribution in [2.45, 2.75) is 49.8 Å². The molecule has 0 amide bonds. The fourth-order valence-electron chi connectivity index (χ4n) is 2.15. The summed E-state index contributed by atoms with van der Waals surface area (Å²) in [5.74, 6) is 0. The third-order valence-corrected chi connectivity index (χ3v) is 8.22. The first-order chi connectivity index (χ1) is 9.35. The highest BCUT2D eigenvalue weighted by Gasteiger charge is 2.29. The van der Waals surface area contributed by atoms with Gasteiger partial charge in [-0.2, -0.15) is 11.8 Å². The number of nitrogens with two attached hydrogens (primary N) is 1. The second kappa shape index (κ2) is 7.26. The van der Waals surface area contributed by atoms with Gasteiger partial charge in [0.05, 0.1) is 0 Å². The summed E-state index contributed by atoms with van der Waals surface area (Å²) in [7, 11) is -3.49. The minimum atomic E-state index is -3.49. The molecule has 0 aliphatic rings. The maximum atomic E-state index is 12.5. The first kappa shape index (κ1) is 18.0. The molecule has 1 rings (SSSR count). The zero-order chi connectivity index (χ0) is 15.4. The van der Waals surface area contributed by atoms with E-state index in [1.54, 1.807) is 11.8 Å². The minimum Gasteiger partial charge on any atom is -0.326 e. The topological polar surface area (TPSA) is 72.2 Å². The van der Waals surface area contributed by atoms with Gasteiger partial charge in [-0.15, -0.1) is 11.3 Å². The Morgan fingerprint density at radius 3 is 2.45 bits per heavy atom. The predicted molar refractivity (Wildman–Crippen MR) is 89.0 cm³/mol. The highest BCUT2D eigenvalue weighted by Crippen LogP contribution is 2.31. The summed E-state index contributed by atoms with van der Waals surface area (Å²) in [4.78, 5) is 1.09. The van der Waals surface area contributed by atoms with Crippen molar-refractivity contribution in [2.75, 3.05) is 12.8 Å². The van der Waals surface area contributed by atoms with Gasteiger partial charge < -0.3 is 5.73 Å². The number of aryl methyl sites for hydroxylation is 1. The molecular formula is C13H24N2O2S3. The van der Waals surface area contributed by atoms with Gasteiger partial charge in [0, 0.05) is 22.7 Å². The molecule has 0 unspecified atom stereocenters. The van der Waals surface area contributed by atoms with Crippen LogP contribution in [0.15, 0.2) is 10.3 Å². The Bertz CT molecular complexity index is 526. The molecule has 0 saturated heterocycles. The molecule has 0 atom stereocenters. The lowest BCUT2D eigenvalue weighted by molar-refractivity contribution is 0.521. The summed E-state index contributed by atoms with van der Waals surface area (Å²) in [5.41, 5.74) is 6.40. The van der Waals surface area contributed by atoms with Crippen LogP contribution in [0.1, 0.15) is 37.1 Å². The number of hydrogen-bond acceptors (Lipinski definition) is 5. The van der Waals surface area contributed by atoms with Crippen molar-refractivity contribution in [1.82, 2.24) is 4.72 Å². The van der Waals surface area contributed by atoms with Crippen molar-refractivity contribution in [3.63, 3.8) is 0 Å². The molecule has 0 aromatic carbocycles. The smallest absolute Gasteiger partial charge is 0.242 e. The monoisotopic (exact) mass is 336 g/mol. The lowest BCUT2D eigenvalue weighted by Crippen LogP contribution is -2.39. The van der Waals surface area contributed by atoms with Crippen LogP contribution in [0.5, 0.6) is 0 Å². The van der Waals surface area contributed by atoms with Gasteiger partial charge in [-0.1, -0.05) is 13.8 Å². The SMILES string of the molecule is CCC(CC)(CNS(=O)(=O)c1c(C)csc1CN)SC. The standard InChI is InChI=1S/C13H24N2O2S3/c1-5-13(6-2,18-4)9-15-20(16,17)12-10(3)8-19-11(12)7-14/h8,15H,5-7,9,14H2,1-4H3. The number of nitrogens with one attached hydrogen (secondary N) is 1. The quantitative estimate of drug-likeness (QED) is 0.765. The molecule has 4 nitrogen and oxygen atoms in total. The van der Waals surface area contributed by atoms with Crippen LogP contribution in [-0.4, -0.2) is 26.0 Å². The van der Waals surface area contributed by atoms with Gasteiger partial charge in [0.2, 0.25) is 10.0 Å². The van der Waals surface area contributed by atoms with Crippen molar-refractivity contribution in [3.05, 3.63) is 15.8 Å². The summed E-state index contributed by atoms with van der Waals surface area (Å²) in [6.45, 7) is 6.70. The average Bonchev–Trinajstić information content (AvgIpc) is 2.83. The van der Waals surface area contributed by atoms with E-state index in [0.717, 1.165) is 23.3 Å². The second-order valence-corrected chi connectivity index (χ2v) is 8.74. The Balaban J connectivity index is 2.99. The molecule has 0 bridgehead atoms. The molecule has 0 aliphatic carbocycles. The van der Waals surface area contributed by atoms with E-state index >= 15 is 0 Å². The normalized spacial score (nSPS) is 12.8. The Labute approximate surface area is 130 Å². The summed E-state index contributed by atoms with van der Waals surface area (Å²) in [6, 6.07) is 0. The van der Waals surface area contributed by atoms with Crippen LogP contribution < -0.4 is 10.5 Å². The summed E-state index contributed by atoms with van der Waals surface area (Å²) in [6.07, 6.45) is 3.89. The Morgan fingerprint density at radius 1 is 1.40 bits per heavy atom. The van der Waals surface area contributed by atoms with Crippen molar-refractivity contribution < 1.29 is 8.42 Å². The first-order valence-corrected chi connectivity index (χ1v) is 10.3. The molecule has 1 aromatic heterocycles. The van der Waals surface area contributed by atoms with Gasteiger partial charge in [-0.05, 0) is 37.0 Å². The Morgan fingerprint density at radius 2 is 2.00 bits per heavy atom. The number of hydrogen-bond donors (Lipinski definition) is 2. The van der Waals surface area contributed by atoms with E-state index in [-0.39, 0.29) is 11.3 Å². The van der Waals surface area contributed by atoms with Crippen molar-refractivity contribution in [1.29, 1.82) is 0 Å². The molecule has 116 valence electrons. The van der Waals surface area contributed by atoms with Crippen LogP contribution in [-0.2, 0) is 16.6 Å². The van der Waals surface area contributed by atoms with Gasteiger partial charge in [0.1, 0.15) is 4.90 Å².